The molecule has 0 radical (unpaired) electrons. The number of fused-ring (bicyclic) bond motifs is 1. The second-order valence-electron chi connectivity index (χ2n) is 9.53. The quantitative estimate of drug-likeness (QED) is 0.202. The van der Waals surface area contributed by atoms with Crippen molar-refractivity contribution < 1.29 is 28.5 Å². The van der Waals surface area contributed by atoms with E-state index in [0.29, 0.717) is 47.8 Å². The van der Waals surface area contributed by atoms with Gasteiger partial charge in [0.2, 0.25) is 0 Å². The van der Waals surface area contributed by atoms with Crippen molar-refractivity contribution in [2.24, 2.45) is 10.4 Å². The maximum Gasteiger partial charge on any atom is 0.318 e. The minimum Gasteiger partial charge on any atom is -0.493 e. The van der Waals surface area contributed by atoms with Gasteiger partial charge in [-0.25, -0.2) is 9.18 Å². The van der Waals surface area contributed by atoms with Crippen LogP contribution in [0.15, 0.2) is 63.6 Å². The molecule has 1 heterocycles. The van der Waals surface area contributed by atoms with Gasteiger partial charge in [-0.3, -0.25) is 4.99 Å². The Morgan fingerprint density at radius 2 is 1.90 bits per heavy atom. The van der Waals surface area contributed by atoms with Crippen LogP contribution < -0.4 is 10.6 Å². The van der Waals surface area contributed by atoms with Crippen LogP contribution in [0.25, 0.3) is 0 Å². The summed E-state index contributed by atoms with van der Waals surface area (Å²) in [5.74, 6) is 1.66. The Morgan fingerprint density at radius 3 is 2.41 bits per heavy atom. The number of ether oxygens (including phenoxy) is 3. The number of hydrogen-bond acceptors (Lipinski definition) is 6. The lowest BCUT2D eigenvalue weighted by molar-refractivity contribution is 0.122. The minimum absolute atomic E-state index is 0.0927. The molecule has 1 aliphatic heterocycles. The van der Waals surface area contributed by atoms with Crippen LogP contribution in [0.3, 0.4) is 0 Å². The molecule has 2 aliphatic rings. The highest BCUT2D eigenvalue weighted by Gasteiger charge is 2.29. The second kappa shape index (κ2) is 19.9. The van der Waals surface area contributed by atoms with Crippen LogP contribution in [0.2, 0.25) is 0 Å². The number of aliphatic hydroxyl groups excluding tert-OH is 1. The van der Waals surface area contributed by atoms with Crippen molar-refractivity contribution in [1.82, 2.24) is 10.6 Å². The highest BCUT2D eigenvalue weighted by Crippen LogP contribution is 2.34. The fraction of sp³-hybridized carbons (Fsp3) is 0.600. The number of urea groups is 1. The third-order valence-electron chi connectivity index (χ3n) is 5.56. The Labute approximate surface area is 234 Å². The van der Waals surface area contributed by atoms with Crippen molar-refractivity contribution in [2.75, 3.05) is 33.5 Å². The van der Waals surface area contributed by atoms with Gasteiger partial charge in [0, 0.05) is 30.5 Å². The van der Waals surface area contributed by atoms with E-state index in [2.05, 4.69) is 43.3 Å². The van der Waals surface area contributed by atoms with E-state index in [1.54, 1.807) is 24.4 Å². The van der Waals surface area contributed by atoms with Gasteiger partial charge in [0.05, 0.1) is 19.8 Å². The zero-order chi connectivity index (χ0) is 29.8. The van der Waals surface area contributed by atoms with Crippen molar-refractivity contribution in [3.63, 3.8) is 0 Å². The average Bonchev–Trinajstić information content (AvgIpc) is 2.93. The number of alkyl halides is 1. The van der Waals surface area contributed by atoms with Crippen LogP contribution in [0, 0.1) is 5.41 Å². The lowest BCUT2D eigenvalue weighted by atomic mass is 9.93. The number of nitrogens with one attached hydrogen (secondary N) is 2. The highest BCUT2D eigenvalue weighted by atomic mass is 19.1. The molecule has 3 N–H and O–H groups in total. The van der Waals surface area contributed by atoms with Crippen LogP contribution >= 0.6 is 0 Å². The smallest absolute Gasteiger partial charge is 0.318 e. The number of carbonyl (C=O) groups excluding carboxylic acids is 1. The fourth-order valence-corrected chi connectivity index (χ4v) is 2.99. The van der Waals surface area contributed by atoms with Crippen LogP contribution in [-0.4, -0.2) is 56.9 Å². The van der Waals surface area contributed by atoms with Gasteiger partial charge in [0.25, 0.3) is 0 Å². The molecule has 1 atom stereocenters. The van der Waals surface area contributed by atoms with Crippen molar-refractivity contribution in [3.8, 4) is 0 Å². The lowest BCUT2D eigenvalue weighted by Gasteiger charge is -2.28. The van der Waals surface area contributed by atoms with Gasteiger partial charge >= 0.3 is 6.03 Å². The zero-order valence-corrected chi connectivity index (χ0v) is 25.3. The van der Waals surface area contributed by atoms with E-state index in [-0.39, 0.29) is 31.0 Å². The predicted molar refractivity (Wildman–Crippen MR) is 157 cm³/mol. The summed E-state index contributed by atoms with van der Waals surface area (Å²) in [7, 11) is 1.52. The molecule has 0 aromatic carbocycles. The molecule has 0 aromatic heterocycles. The molecule has 0 saturated carbocycles. The summed E-state index contributed by atoms with van der Waals surface area (Å²) >= 11 is 0. The molecule has 39 heavy (non-hydrogen) atoms. The number of halogens is 1. The summed E-state index contributed by atoms with van der Waals surface area (Å²) in [6.07, 6.45) is 10.4. The van der Waals surface area contributed by atoms with Gasteiger partial charge in [-0.1, -0.05) is 54.9 Å². The van der Waals surface area contributed by atoms with E-state index >= 15 is 0 Å². The van der Waals surface area contributed by atoms with E-state index in [9.17, 15) is 9.18 Å². The first kappa shape index (κ1) is 35.9. The number of methoxy groups -OCH3 is 1. The monoisotopic (exact) mass is 551 g/mol. The Kier molecular flexibility index (Phi) is 18.4. The summed E-state index contributed by atoms with van der Waals surface area (Å²) in [5.41, 5.74) is 1.92. The van der Waals surface area contributed by atoms with Gasteiger partial charge in [0.1, 0.15) is 30.6 Å². The normalized spacial score (nSPS) is 16.8. The molecule has 0 fully saturated rings. The van der Waals surface area contributed by atoms with Crippen LogP contribution in [0.4, 0.5) is 9.18 Å². The molecule has 0 spiro atoms. The molecule has 2 amide bonds. The van der Waals surface area contributed by atoms with Gasteiger partial charge < -0.3 is 30.0 Å². The summed E-state index contributed by atoms with van der Waals surface area (Å²) < 4.78 is 30.4. The molecule has 2 rings (SSSR count). The number of nitrogens with zero attached hydrogens (tertiary/aromatic N) is 1. The fourth-order valence-electron chi connectivity index (χ4n) is 2.99. The van der Waals surface area contributed by atoms with E-state index < -0.39 is 6.67 Å². The summed E-state index contributed by atoms with van der Waals surface area (Å²) in [6.45, 7) is 16.4. The molecule has 1 aliphatic carbocycles. The molecular formula is C30H50FN3O5. The van der Waals surface area contributed by atoms with Gasteiger partial charge in [-0.15, -0.1) is 0 Å². The number of allylic oxidation sites excluding steroid dienone is 6. The van der Waals surface area contributed by atoms with E-state index in [0.717, 1.165) is 5.57 Å². The molecular weight excluding hydrogens is 501 g/mol. The third-order valence-corrected chi connectivity index (χ3v) is 5.56. The minimum atomic E-state index is -0.821. The van der Waals surface area contributed by atoms with Gasteiger partial charge in [-0.2, -0.15) is 0 Å². The van der Waals surface area contributed by atoms with Crippen molar-refractivity contribution in [1.29, 1.82) is 0 Å². The van der Waals surface area contributed by atoms with Crippen LogP contribution in [-0.2, 0) is 14.2 Å². The zero-order valence-electron chi connectivity index (χ0n) is 25.3. The number of hydrogen-bond donors (Lipinski definition) is 3. The van der Waals surface area contributed by atoms with Crippen LogP contribution in [0.1, 0.15) is 74.7 Å². The van der Waals surface area contributed by atoms with Crippen LogP contribution in [0.5, 0.6) is 0 Å². The van der Waals surface area contributed by atoms with Crippen molar-refractivity contribution in [2.45, 2.75) is 80.7 Å². The summed E-state index contributed by atoms with van der Waals surface area (Å²) in [4.78, 5) is 16.1. The highest BCUT2D eigenvalue weighted by molar-refractivity contribution is 5.76. The Bertz CT molecular complexity index is 927. The largest absolute Gasteiger partial charge is 0.493 e. The number of aliphatic imine (C=N–C) groups is 1. The standard InChI is InChI=1S/C22H30FN3O5.C6H14.C2H6/c1-4-15(26-22(28)24-5-2)6-7-16(14-23)31-19-8-9-25-18-13-21(30-11-10-27)20(29-3)12-17(18)19;1-5-6(2,3)4;1-2/h6-9,12,18,27H,4-5,10-11,13-14H2,1-3H3,(H2,24,26,28);5H2,1-4H3;1-2H3/b15-6+,16-7+;;. The summed E-state index contributed by atoms with van der Waals surface area (Å²) in [5, 5.41) is 14.4. The molecule has 8 nitrogen and oxygen atoms in total. The maximum atomic E-state index is 13.6. The molecule has 0 saturated heterocycles. The van der Waals surface area contributed by atoms with E-state index in [1.165, 1.54) is 19.6 Å². The molecule has 0 bridgehead atoms. The first-order valence-electron chi connectivity index (χ1n) is 13.8. The number of carbonyl (C=O) groups is 1. The number of rotatable bonds is 11. The van der Waals surface area contributed by atoms with E-state index in [1.807, 2.05) is 27.7 Å². The first-order valence-corrected chi connectivity index (χ1v) is 13.8. The summed E-state index contributed by atoms with van der Waals surface area (Å²) in [6, 6.07) is -0.569. The van der Waals surface area contributed by atoms with Gasteiger partial charge in [-0.05, 0) is 43.1 Å². The molecule has 0 aromatic rings. The Morgan fingerprint density at radius 1 is 1.23 bits per heavy atom. The van der Waals surface area contributed by atoms with Gasteiger partial charge in [0.15, 0.2) is 5.76 Å². The van der Waals surface area contributed by atoms with Crippen molar-refractivity contribution >= 4 is 12.2 Å². The third kappa shape index (κ3) is 14.0. The topological polar surface area (TPSA) is 101 Å². The number of dihydropyridines is 1. The molecule has 1 unspecified atom stereocenters. The predicted octanol–water partition coefficient (Wildman–Crippen LogP) is 6.47. The Hall–Kier alpha value is -3.07. The first-order chi connectivity index (χ1) is 18.6. The molecule has 222 valence electrons. The second-order valence-corrected chi connectivity index (χ2v) is 9.53. The Balaban J connectivity index is 0.00000159. The number of amides is 2. The van der Waals surface area contributed by atoms with E-state index in [4.69, 9.17) is 19.3 Å². The van der Waals surface area contributed by atoms with Crippen molar-refractivity contribution in [3.05, 3.63) is 58.6 Å². The number of aliphatic hydroxyl groups is 1. The molecule has 9 heteroatoms. The average molecular weight is 552 g/mol. The SMILES string of the molecule is CC.CCC(C)(C)C.CCNC(=O)N/C(=C/C=C(\CF)OC1=CC=NC2CC(OCCO)=C(OC)C=C12)CC. The lowest BCUT2D eigenvalue weighted by Crippen LogP contribution is -2.34. The maximum absolute atomic E-state index is 13.6.